The minimum atomic E-state index is 0.137. The molecule has 3 aromatic rings. The summed E-state index contributed by atoms with van der Waals surface area (Å²) >= 11 is 0. The summed E-state index contributed by atoms with van der Waals surface area (Å²) in [5.74, 6) is 2.26. The van der Waals surface area contributed by atoms with E-state index in [1.165, 1.54) is 0 Å². The number of furan rings is 1. The van der Waals surface area contributed by atoms with Crippen LogP contribution >= 0.6 is 0 Å². The maximum Gasteiger partial charge on any atom is 0.283 e. The number of hydrogen-bond acceptors (Lipinski definition) is 8. The van der Waals surface area contributed by atoms with Crippen LogP contribution in [0.1, 0.15) is 19.2 Å². The molecule has 1 unspecified atom stereocenters. The van der Waals surface area contributed by atoms with Crippen LogP contribution in [0.5, 0.6) is 0 Å². The molecule has 4 rings (SSSR count). The maximum absolute atomic E-state index is 12.9. The molecule has 30 heavy (non-hydrogen) atoms. The summed E-state index contributed by atoms with van der Waals surface area (Å²) < 4.78 is 11.0. The number of carbonyl (C=O) groups is 1. The van der Waals surface area contributed by atoms with Crippen molar-refractivity contribution in [1.29, 1.82) is 0 Å². The predicted molar refractivity (Wildman–Crippen MR) is 108 cm³/mol. The Morgan fingerprint density at radius 3 is 2.63 bits per heavy atom. The zero-order valence-corrected chi connectivity index (χ0v) is 17.0. The van der Waals surface area contributed by atoms with Gasteiger partial charge in [0.2, 0.25) is 5.95 Å². The van der Waals surface area contributed by atoms with E-state index in [-0.39, 0.29) is 5.91 Å². The van der Waals surface area contributed by atoms with Crippen molar-refractivity contribution in [1.82, 2.24) is 25.1 Å². The van der Waals surface area contributed by atoms with E-state index in [9.17, 15) is 4.79 Å². The lowest BCUT2D eigenvalue weighted by Crippen LogP contribution is -3.12. The fraction of sp³-hybridized carbons (Fsp3) is 0.450. The first kappa shape index (κ1) is 20.0. The highest BCUT2D eigenvalue weighted by molar-refractivity contribution is 5.77. The first-order chi connectivity index (χ1) is 14.7. The van der Waals surface area contributed by atoms with Crippen LogP contribution in [0, 0.1) is 0 Å². The Hall–Kier alpha value is -3.27. The summed E-state index contributed by atoms with van der Waals surface area (Å²) in [7, 11) is 0. The largest absolute Gasteiger partial charge is 0.459 e. The van der Waals surface area contributed by atoms with Gasteiger partial charge in [-0.05, 0) is 24.6 Å². The lowest BCUT2D eigenvalue weighted by Gasteiger charge is -2.35. The standard InChI is InChI=1S/C20H25N7O3/c1-2-8-25(14-17-23-24-19(30-17)16-5-3-13-29-16)15-18(28)26-9-11-27(12-10-26)20-21-6-4-7-22-20/h3-7,13H,2,8-12,14-15H2,1H3/p+1. The Morgan fingerprint density at radius 2 is 1.93 bits per heavy atom. The number of carbonyl (C=O) groups excluding carboxylic acids is 1. The fourth-order valence-electron chi connectivity index (χ4n) is 3.57. The minimum Gasteiger partial charge on any atom is -0.459 e. The highest BCUT2D eigenvalue weighted by Crippen LogP contribution is 2.17. The van der Waals surface area contributed by atoms with Crippen molar-refractivity contribution in [3.63, 3.8) is 0 Å². The number of aromatic nitrogens is 4. The third-order valence-corrected chi connectivity index (χ3v) is 5.07. The molecule has 1 N–H and O–H groups in total. The van der Waals surface area contributed by atoms with Crippen LogP contribution in [0.15, 0.2) is 45.7 Å². The summed E-state index contributed by atoms with van der Waals surface area (Å²) in [5, 5.41) is 8.16. The van der Waals surface area contributed by atoms with Crippen molar-refractivity contribution >= 4 is 11.9 Å². The van der Waals surface area contributed by atoms with E-state index in [2.05, 4.69) is 32.0 Å². The number of amides is 1. The average molecular weight is 412 g/mol. The van der Waals surface area contributed by atoms with Crippen molar-refractivity contribution < 1.29 is 18.5 Å². The SMILES string of the molecule is CCC[NH+](CC(=O)N1CCN(c2ncccn2)CC1)Cc1nnc(-c2ccco2)o1. The van der Waals surface area contributed by atoms with Gasteiger partial charge < -0.3 is 23.5 Å². The smallest absolute Gasteiger partial charge is 0.283 e. The number of nitrogens with one attached hydrogen (secondary N) is 1. The molecule has 1 amide bonds. The molecule has 1 aliphatic rings. The Balaban J connectivity index is 1.31. The van der Waals surface area contributed by atoms with Gasteiger partial charge in [0.05, 0.1) is 12.8 Å². The molecule has 0 saturated carbocycles. The monoisotopic (exact) mass is 412 g/mol. The van der Waals surface area contributed by atoms with Crippen LogP contribution < -0.4 is 9.80 Å². The molecule has 0 radical (unpaired) electrons. The van der Waals surface area contributed by atoms with Crippen molar-refractivity contribution in [2.24, 2.45) is 0 Å². The van der Waals surface area contributed by atoms with E-state index in [4.69, 9.17) is 8.83 Å². The van der Waals surface area contributed by atoms with Gasteiger partial charge in [-0.1, -0.05) is 6.92 Å². The van der Waals surface area contributed by atoms with E-state index in [1.54, 1.807) is 36.9 Å². The van der Waals surface area contributed by atoms with Crippen LogP contribution in [0.3, 0.4) is 0 Å². The van der Waals surface area contributed by atoms with Gasteiger partial charge in [-0.25, -0.2) is 9.97 Å². The molecule has 1 atom stereocenters. The van der Waals surface area contributed by atoms with E-state index < -0.39 is 0 Å². The molecule has 1 saturated heterocycles. The molecular weight excluding hydrogens is 386 g/mol. The third kappa shape index (κ3) is 4.82. The lowest BCUT2D eigenvalue weighted by molar-refractivity contribution is -0.907. The molecule has 10 heteroatoms. The van der Waals surface area contributed by atoms with Crippen molar-refractivity contribution in [3.8, 4) is 11.7 Å². The fourth-order valence-corrected chi connectivity index (χ4v) is 3.57. The molecule has 3 aromatic heterocycles. The Labute approximate surface area is 174 Å². The topological polar surface area (TPSA) is 106 Å². The Bertz CT molecular complexity index is 921. The van der Waals surface area contributed by atoms with Crippen LogP contribution in [0.25, 0.3) is 11.7 Å². The number of quaternary nitrogens is 1. The van der Waals surface area contributed by atoms with Gasteiger partial charge in [0.1, 0.15) is 0 Å². The second-order valence-electron chi connectivity index (χ2n) is 7.25. The number of hydrogen-bond donors (Lipinski definition) is 1. The summed E-state index contributed by atoms with van der Waals surface area (Å²) in [4.78, 5) is 26.6. The number of nitrogens with zero attached hydrogens (tertiary/aromatic N) is 6. The van der Waals surface area contributed by atoms with Crippen LogP contribution in [-0.2, 0) is 11.3 Å². The molecule has 158 valence electrons. The first-order valence-corrected chi connectivity index (χ1v) is 10.2. The number of anilines is 1. The lowest BCUT2D eigenvalue weighted by atomic mass is 10.3. The third-order valence-electron chi connectivity index (χ3n) is 5.07. The van der Waals surface area contributed by atoms with E-state index in [1.807, 2.05) is 4.90 Å². The maximum atomic E-state index is 12.9. The normalized spacial score (nSPS) is 15.4. The van der Waals surface area contributed by atoms with E-state index >= 15 is 0 Å². The van der Waals surface area contributed by atoms with Crippen LogP contribution in [-0.4, -0.2) is 70.2 Å². The minimum absolute atomic E-state index is 0.137. The number of rotatable bonds is 8. The molecule has 0 bridgehead atoms. The molecule has 1 fully saturated rings. The van der Waals surface area contributed by atoms with Gasteiger partial charge in [0.15, 0.2) is 18.8 Å². The van der Waals surface area contributed by atoms with Crippen molar-refractivity contribution in [3.05, 3.63) is 42.7 Å². The second kappa shape index (κ2) is 9.49. The van der Waals surface area contributed by atoms with Crippen molar-refractivity contribution in [2.45, 2.75) is 19.9 Å². The van der Waals surface area contributed by atoms with E-state index in [0.29, 0.717) is 49.7 Å². The van der Waals surface area contributed by atoms with Crippen LogP contribution in [0.4, 0.5) is 5.95 Å². The average Bonchev–Trinajstić information content (AvgIpc) is 3.47. The van der Waals surface area contributed by atoms with Gasteiger partial charge in [-0.2, -0.15) is 0 Å². The Morgan fingerprint density at radius 1 is 1.13 bits per heavy atom. The van der Waals surface area contributed by atoms with Gasteiger partial charge in [-0.3, -0.25) is 4.79 Å². The molecule has 1 aliphatic heterocycles. The molecule has 0 aromatic carbocycles. The first-order valence-electron chi connectivity index (χ1n) is 10.2. The summed E-state index contributed by atoms with van der Waals surface area (Å²) in [6.45, 7) is 6.65. The molecule has 4 heterocycles. The molecule has 0 spiro atoms. The quantitative estimate of drug-likeness (QED) is 0.562. The highest BCUT2D eigenvalue weighted by atomic mass is 16.4. The molecule has 0 aliphatic carbocycles. The van der Waals surface area contributed by atoms with E-state index in [0.717, 1.165) is 31.0 Å². The molecule has 10 nitrogen and oxygen atoms in total. The summed E-state index contributed by atoms with van der Waals surface area (Å²) in [6.07, 6.45) is 6.00. The zero-order chi connectivity index (χ0) is 20.8. The molecular formula is C20H26N7O3+. The van der Waals surface area contributed by atoms with Gasteiger partial charge in [0.25, 0.3) is 17.7 Å². The highest BCUT2D eigenvalue weighted by Gasteiger charge is 2.26. The Kier molecular flexibility index (Phi) is 6.33. The summed E-state index contributed by atoms with van der Waals surface area (Å²) in [5.41, 5.74) is 0. The predicted octanol–water partition coefficient (Wildman–Crippen LogP) is 0.263. The van der Waals surface area contributed by atoms with Gasteiger partial charge >= 0.3 is 0 Å². The van der Waals surface area contributed by atoms with Crippen LogP contribution in [0.2, 0.25) is 0 Å². The second-order valence-corrected chi connectivity index (χ2v) is 7.25. The van der Waals surface area contributed by atoms with Crippen molar-refractivity contribution in [2.75, 3.05) is 44.2 Å². The van der Waals surface area contributed by atoms with Gasteiger partial charge in [-0.15, -0.1) is 10.2 Å². The number of piperazine rings is 1. The zero-order valence-electron chi connectivity index (χ0n) is 17.0. The summed E-state index contributed by atoms with van der Waals surface area (Å²) in [6, 6.07) is 5.35. The van der Waals surface area contributed by atoms with Gasteiger partial charge in [0, 0.05) is 38.6 Å².